The van der Waals surface area contributed by atoms with Crippen LogP contribution in [0.5, 0.6) is 0 Å². The number of nitrogens with zero attached hydrogens (tertiary/aromatic N) is 4. The average molecular weight is 496 g/mol. The Labute approximate surface area is 184 Å². The van der Waals surface area contributed by atoms with Crippen molar-refractivity contribution in [2.75, 3.05) is 19.6 Å². The predicted molar refractivity (Wildman–Crippen MR) is 109 cm³/mol. The van der Waals surface area contributed by atoms with Crippen molar-refractivity contribution in [1.29, 1.82) is 0 Å². The van der Waals surface area contributed by atoms with Crippen molar-refractivity contribution in [1.82, 2.24) is 24.4 Å². The van der Waals surface area contributed by atoms with E-state index in [2.05, 4.69) is 14.9 Å². The molecule has 1 aliphatic rings. The number of nitrogens with one attached hydrogen (secondary N) is 1. The van der Waals surface area contributed by atoms with E-state index in [-0.39, 0.29) is 46.0 Å². The number of hydrogen-bond donors (Lipinski definition) is 1. The van der Waals surface area contributed by atoms with Crippen LogP contribution in [0.4, 0.5) is 0 Å². The molecule has 10 nitrogen and oxygen atoms in total. The van der Waals surface area contributed by atoms with Gasteiger partial charge in [-0.25, -0.2) is 21.6 Å². The number of amides is 1. The molecule has 1 amide bonds. The second-order valence-electron chi connectivity index (χ2n) is 6.72. The van der Waals surface area contributed by atoms with E-state index in [1.165, 1.54) is 34.0 Å². The van der Waals surface area contributed by atoms with Crippen molar-refractivity contribution < 1.29 is 21.6 Å². The van der Waals surface area contributed by atoms with Gasteiger partial charge in [0.05, 0.1) is 21.8 Å². The molecule has 0 bridgehead atoms. The number of aryl methyl sites for hydroxylation is 1. The first-order valence-electron chi connectivity index (χ1n) is 8.83. The highest BCUT2D eigenvalue weighted by Gasteiger charge is 2.35. The lowest BCUT2D eigenvalue weighted by atomic mass is 10.1. The third kappa shape index (κ3) is 4.62. The molecule has 1 aromatic carbocycles. The van der Waals surface area contributed by atoms with Crippen LogP contribution >= 0.6 is 23.2 Å². The van der Waals surface area contributed by atoms with Crippen molar-refractivity contribution in [2.45, 2.75) is 28.1 Å². The average Bonchev–Trinajstić information content (AvgIpc) is 3.13. The molecule has 0 saturated carbocycles. The number of piperidine rings is 1. The van der Waals surface area contributed by atoms with E-state index in [0.29, 0.717) is 0 Å². The first-order chi connectivity index (χ1) is 14.0. The molecule has 0 unspecified atom stereocenters. The molecule has 30 heavy (non-hydrogen) atoms. The minimum atomic E-state index is -4.10. The van der Waals surface area contributed by atoms with E-state index in [1.807, 2.05) is 0 Å². The minimum absolute atomic E-state index is 0.0581. The standard InChI is InChI=1S/C16H19Cl2N5O5S2/c1-22-10-19-21-16(22)29(25,26)11-5-7-23(8-6-11)14(24)9-20-30(27,28)15-12(17)3-2-4-13(15)18/h2-4,10-11,20H,5-9H2,1H3. The van der Waals surface area contributed by atoms with Crippen molar-refractivity contribution in [2.24, 2.45) is 7.05 Å². The van der Waals surface area contributed by atoms with Gasteiger partial charge in [-0.1, -0.05) is 29.3 Å². The highest BCUT2D eigenvalue weighted by molar-refractivity contribution is 7.91. The van der Waals surface area contributed by atoms with Gasteiger partial charge in [-0.05, 0) is 25.0 Å². The SMILES string of the molecule is Cn1cnnc1S(=O)(=O)C1CCN(C(=O)CNS(=O)(=O)c2c(Cl)cccc2Cl)CC1. The number of carbonyl (C=O) groups is 1. The lowest BCUT2D eigenvalue weighted by molar-refractivity contribution is -0.130. The van der Waals surface area contributed by atoms with Crippen LogP contribution < -0.4 is 4.72 Å². The number of sulfone groups is 1. The molecule has 1 saturated heterocycles. The van der Waals surface area contributed by atoms with Gasteiger partial charge in [0.1, 0.15) is 11.2 Å². The summed E-state index contributed by atoms with van der Waals surface area (Å²) in [5.41, 5.74) is 0. The van der Waals surface area contributed by atoms with Crippen molar-refractivity contribution in [3.63, 3.8) is 0 Å². The summed E-state index contributed by atoms with van der Waals surface area (Å²) in [5, 5.41) is 6.34. The maximum Gasteiger partial charge on any atom is 0.249 e. The maximum atomic E-state index is 12.7. The van der Waals surface area contributed by atoms with Crippen LogP contribution in [0.3, 0.4) is 0 Å². The van der Waals surface area contributed by atoms with Gasteiger partial charge < -0.3 is 9.47 Å². The van der Waals surface area contributed by atoms with Crippen LogP contribution in [-0.2, 0) is 31.7 Å². The molecule has 1 aliphatic heterocycles. The second kappa shape index (κ2) is 8.79. The number of sulfonamides is 1. The summed E-state index contributed by atoms with van der Waals surface area (Å²) >= 11 is 11.8. The fourth-order valence-corrected chi connectivity index (χ4v) is 7.03. The van der Waals surface area contributed by atoms with E-state index in [4.69, 9.17) is 23.2 Å². The summed E-state index contributed by atoms with van der Waals surface area (Å²) in [4.78, 5) is 13.6. The van der Waals surface area contributed by atoms with E-state index < -0.39 is 37.6 Å². The van der Waals surface area contributed by atoms with E-state index in [1.54, 1.807) is 7.05 Å². The van der Waals surface area contributed by atoms with Crippen LogP contribution in [0.15, 0.2) is 34.6 Å². The Morgan fingerprint density at radius 3 is 2.30 bits per heavy atom. The van der Waals surface area contributed by atoms with Crippen LogP contribution in [-0.4, -0.2) is 67.3 Å². The van der Waals surface area contributed by atoms with Crippen LogP contribution in [0.2, 0.25) is 10.0 Å². The van der Waals surface area contributed by atoms with Crippen LogP contribution in [0.25, 0.3) is 0 Å². The van der Waals surface area contributed by atoms with Crippen LogP contribution in [0, 0.1) is 0 Å². The summed E-state index contributed by atoms with van der Waals surface area (Å²) in [6, 6.07) is 4.27. The van der Waals surface area contributed by atoms with Gasteiger partial charge in [0, 0.05) is 20.1 Å². The Balaban J connectivity index is 1.60. The molecule has 1 aromatic heterocycles. The smallest absolute Gasteiger partial charge is 0.249 e. The third-order valence-corrected chi connectivity index (χ3v) is 9.34. The quantitative estimate of drug-likeness (QED) is 0.628. The number of aromatic nitrogens is 3. The van der Waals surface area contributed by atoms with E-state index in [9.17, 15) is 21.6 Å². The molecule has 0 aliphatic carbocycles. The maximum absolute atomic E-state index is 12.7. The molecular formula is C16H19Cl2N5O5S2. The fourth-order valence-electron chi connectivity index (χ4n) is 3.17. The molecule has 164 valence electrons. The summed E-state index contributed by atoms with van der Waals surface area (Å²) in [6.07, 6.45) is 1.73. The molecular weight excluding hydrogens is 477 g/mol. The lowest BCUT2D eigenvalue weighted by Crippen LogP contribution is -2.46. The highest BCUT2D eigenvalue weighted by Crippen LogP contribution is 2.28. The molecule has 0 spiro atoms. The third-order valence-electron chi connectivity index (χ3n) is 4.76. The predicted octanol–water partition coefficient (Wildman–Crippen LogP) is 0.865. The number of hydrogen-bond acceptors (Lipinski definition) is 7. The minimum Gasteiger partial charge on any atom is -0.341 e. The van der Waals surface area contributed by atoms with Gasteiger partial charge in [0.2, 0.25) is 30.9 Å². The molecule has 0 atom stereocenters. The van der Waals surface area contributed by atoms with Gasteiger partial charge in [0.25, 0.3) is 0 Å². The van der Waals surface area contributed by atoms with Crippen molar-refractivity contribution >= 4 is 49.0 Å². The first kappa shape index (κ1) is 22.9. The van der Waals surface area contributed by atoms with Gasteiger partial charge in [-0.3, -0.25) is 4.79 Å². The molecule has 3 rings (SSSR count). The van der Waals surface area contributed by atoms with Gasteiger partial charge in [-0.15, -0.1) is 10.2 Å². The monoisotopic (exact) mass is 495 g/mol. The highest BCUT2D eigenvalue weighted by atomic mass is 35.5. The van der Waals surface area contributed by atoms with Crippen LogP contribution in [0.1, 0.15) is 12.8 Å². The van der Waals surface area contributed by atoms with Gasteiger partial charge >= 0.3 is 0 Å². The Hall–Kier alpha value is -1.73. The summed E-state index contributed by atoms with van der Waals surface area (Å²) in [5.74, 6) is -0.476. The zero-order chi connectivity index (χ0) is 22.1. The van der Waals surface area contributed by atoms with E-state index in [0.717, 1.165) is 0 Å². The normalized spacial score (nSPS) is 16.0. The molecule has 2 heterocycles. The zero-order valence-electron chi connectivity index (χ0n) is 15.8. The number of carbonyl (C=O) groups excluding carboxylic acids is 1. The Morgan fingerprint density at radius 1 is 1.17 bits per heavy atom. The molecule has 1 fully saturated rings. The van der Waals surface area contributed by atoms with E-state index >= 15 is 0 Å². The molecule has 1 N–H and O–H groups in total. The second-order valence-corrected chi connectivity index (χ2v) is 11.4. The first-order valence-corrected chi connectivity index (χ1v) is 12.6. The number of rotatable bonds is 6. The zero-order valence-corrected chi connectivity index (χ0v) is 19.0. The lowest BCUT2D eigenvalue weighted by Gasteiger charge is -2.31. The number of likely N-dealkylation sites (tertiary alicyclic amines) is 1. The number of benzene rings is 1. The van der Waals surface area contributed by atoms with Crippen molar-refractivity contribution in [3.05, 3.63) is 34.6 Å². The largest absolute Gasteiger partial charge is 0.341 e. The summed E-state index contributed by atoms with van der Waals surface area (Å²) in [6.45, 7) is -0.144. The van der Waals surface area contributed by atoms with Crippen molar-refractivity contribution in [3.8, 4) is 0 Å². The van der Waals surface area contributed by atoms with Gasteiger partial charge in [-0.2, -0.15) is 0 Å². The Kier molecular flexibility index (Phi) is 6.72. The van der Waals surface area contributed by atoms with Gasteiger partial charge in [0.15, 0.2) is 0 Å². The number of halogens is 2. The topological polar surface area (TPSA) is 131 Å². The molecule has 0 radical (unpaired) electrons. The molecule has 2 aromatic rings. The Bertz CT molecular complexity index is 1140. The summed E-state index contributed by atoms with van der Waals surface area (Å²) < 4.78 is 53.8. The Morgan fingerprint density at radius 2 is 1.77 bits per heavy atom. The summed E-state index contributed by atoms with van der Waals surface area (Å²) in [7, 11) is -6.22. The molecule has 14 heteroatoms. The fraction of sp³-hybridized carbons (Fsp3) is 0.438.